The van der Waals surface area contributed by atoms with Gasteiger partial charge >= 0.3 is 0 Å². The molecule has 0 aliphatic rings. The number of aliphatic hydroxyl groups excluding tert-OH is 1. The lowest BCUT2D eigenvalue weighted by atomic mass is 9.97. The minimum atomic E-state index is -0.421. The zero-order valence-corrected chi connectivity index (χ0v) is 20.3. The number of hydrogen-bond acceptors (Lipinski definition) is 5. The SMILES string of the molecule is C#CCCCC(O)[C@H](CCCCCCCC)N(N)CCNCC(=C)SC(C)(C)C. The molecule has 0 aromatic carbocycles. The van der Waals surface area contributed by atoms with Crippen LogP contribution in [0.2, 0.25) is 0 Å². The molecule has 1 unspecified atom stereocenters. The molecular weight excluding hydrogens is 378 g/mol. The van der Waals surface area contributed by atoms with E-state index in [0.717, 1.165) is 37.3 Å². The molecule has 4 N–H and O–H groups in total. The molecule has 0 radical (unpaired) electrons. The monoisotopic (exact) mass is 425 g/mol. The van der Waals surface area contributed by atoms with E-state index in [1.807, 2.05) is 5.01 Å². The molecule has 0 amide bonds. The van der Waals surface area contributed by atoms with Crippen molar-refractivity contribution in [2.24, 2.45) is 5.84 Å². The summed E-state index contributed by atoms with van der Waals surface area (Å²) in [5.41, 5.74) is 0. The normalized spacial score (nSPS) is 14.0. The second kappa shape index (κ2) is 17.2. The number of thioether (sulfide) groups is 1. The minimum absolute atomic E-state index is 0.00657. The topological polar surface area (TPSA) is 61.5 Å². The van der Waals surface area contributed by atoms with Crippen molar-refractivity contribution < 1.29 is 5.11 Å². The van der Waals surface area contributed by atoms with Gasteiger partial charge in [-0.3, -0.25) is 5.84 Å². The first-order valence-corrected chi connectivity index (χ1v) is 12.2. The van der Waals surface area contributed by atoms with Gasteiger partial charge in [-0.15, -0.1) is 24.1 Å². The Morgan fingerprint density at radius 1 is 1.17 bits per heavy atom. The zero-order chi connectivity index (χ0) is 22.1. The Balaban J connectivity index is 4.37. The van der Waals surface area contributed by atoms with E-state index in [1.54, 1.807) is 11.8 Å². The third kappa shape index (κ3) is 16.9. The van der Waals surface area contributed by atoms with Crippen molar-refractivity contribution in [2.75, 3.05) is 19.6 Å². The van der Waals surface area contributed by atoms with Crippen LogP contribution >= 0.6 is 11.8 Å². The largest absolute Gasteiger partial charge is 0.391 e. The minimum Gasteiger partial charge on any atom is -0.391 e. The molecule has 0 aromatic heterocycles. The fourth-order valence-corrected chi connectivity index (χ4v) is 4.43. The number of terminal acetylenes is 1. The van der Waals surface area contributed by atoms with E-state index in [4.69, 9.17) is 12.3 Å². The number of nitrogens with zero attached hydrogens (tertiary/aromatic N) is 1. The van der Waals surface area contributed by atoms with Gasteiger partial charge in [-0.1, -0.05) is 72.8 Å². The predicted molar refractivity (Wildman–Crippen MR) is 131 cm³/mol. The van der Waals surface area contributed by atoms with Crippen LogP contribution in [0.15, 0.2) is 11.5 Å². The van der Waals surface area contributed by atoms with Crippen molar-refractivity contribution in [3.63, 3.8) is 0 Å². The van der Waals surface area contributed by atoms with Gasteiger partial charge in [0, 0.05) is 30.8 Å². The van der Waals surface area contributed by atoms with Crippen molar-refractivity contribution in [1.82, 2.24) is 10.3 Å². The predicted octanol–water partition coefficient (Wildman–Crippen LogP) is 5.08. The number of aliphatic hydroxyl groups is 1. The average Bonchev–Trinajstić information content (AvgIpc) is 2.63. The smallest absolute Gasteiger partial charge is 0.0709 e. The molecule has 0 saturated carbocycles. The Labute approximate surface area is 185 Å². The number of hydrazine groups is 1. The van der Waals surface area contributed by atoms with Gasteiger partial charge in [0.25, 0.3) is 0 Å². The number of unbranched alkanes of at least 4 members (excludes halogenated alkanes) is 6. The van der Waals surface area contributed by atoms with Crippen molar-refractivity contribution in [3.05, 3.63) is 11.5 Å². The van der Waals surface area contributed by atoms with Crippen LogP contribution in [0.1, 0.15) is 91.9 Å². The highest BCUT2D eigenvalue weighted by Gasteiger charge is 2.23. The van der Waals surface area contributed by atoms with Gasteiger partial charge in [0.05, 0.1) is 12.1 Å². The highest BCUT2D eigenvalue weighted by Crippen LogP contribution is 2.29. The standard InChI is InChI=1S/C24H47N3OS/c1-7-9-11-12-13-15-16-22(23(28)17-14-10-8-2)27(25)19-18-26-20-21(3)29-24(4,5)6/h2,22-23,26,28H,3,7,9-20,25H2,1,4-6H3/t22-,23?/m0/s1. The van der Waals surface area contributed by atoms with Gasteiger partial charge in [-0.2, -0.15) is 0 Å². The van der Waals surface area contributed by atoms with E-state index >= 15 is 0 Å². The van der Waals surface area contributed by atoms with Gasteiger partial charge in [-0.05, 0) is 24.2 Å². The Morgan fingerprint density at radius 2 is 1.83 bits per heavy atom. The first kappa shape index (κ1) is 28.5. The van der Waals surface area contributed by atoms with Gasteiger partial charge in [0.2, 0.25) is 0 Å². The fourth-order valence-electron chi connectivity index (χ4n) is 3.39. The Hall–Kier alpha value is -0.510. The summed E-state index contributed by atoms with van der Waals surface area (Å²) in [5, 5.41) is 15.9. The van der Waals surface area contributed by atoms with E-state index in [9.17, 15) is 5.11 Å². The van der Waals surface area contributed by atoms with Gasteiger partial charge in [0.1, 0.15) is 0 Å². The van der Waals surface area contributed by atoms with Crippen LogP contribution in [0.5, 0.6) is 0 Å². The molecule has 4 nitrogen and oxygen atoms in total. The second-order valence-corrected chi connectivity index (χ2v) is 11.0. The average molecular weight is 426 g/mol. The molecule has 0 aromatic rings. The Bertz CT molecular complexity index is 456. The van der Waals surface area contributed by atoms with Crippen LogP contribution in [-0.4, -0.2) is 46.6 Å². The van der Waals surface area contributed by atoms with Crippen LogP contribution in [0, 0.1) is 12.3 Å². The van der Waals surface area contributed by atoms with E-state index in [2.05, 4.69) is 45.5 Å². The zero-order valence-electron chi connectivity index (χ0n) is 19.5. The molecule has 2 atom stereocenters. The lowest BCUT2D eigenvalue weighted by molar-refractivity contribution is 0.0363. The lowest BCUT2D eigenvalue weighted by Gasteiger charge is -2.32. The molecule has 29 heavy (non-hydrogen) atoms. The first-order chi connectivity index (χ1) is 13.7. The molecule has 0 saturated heterocycles. The summed E-state index contributed by atoms with van der Waals surface area (Å²) in [7, 11) is 0. The summed E-state index contributed by atoms with van der Waals surface area (Å²) in [5.74, 6) is 9.02. The van der Waals surface area contributed by atoms with Crippen molar-refractivity contribution in [3.8, 4) is 12.3 Å². The summed E-state index contributed by atoms with van der Waals surface area (Å²) in [6.45, 7) is 15.2. The van der Waals surface area contributed by atoms with Gasteiger partial charge in [0.15, 0.2) is 0 Å². The van der Waals surface area contributed by atoms with Crippen LogP contribution in [0.3, 0.4) is 0 Å². The molecule has 0 spiro atoms. The van der Waals surface area contributed by atoms with E-state index in [0.29, 0.717) is 19.4 Å². The van der Waals surface area contributed by atoms with Gasteiger partial charge in [-0.25, -0.2) is 5.01 Å². The number of nitrogens with one attached hydrogen (secondary N) is 1. The lowest BCUT2D eigenvalue weighted by Crippen LogP contribution is -2.50. The summed E-state index contributed by atoms with van der Waals surface area (Å²) in [6, 6.07) is -0.00657. The second-order valence-electron chi connectivity index (χ2n) is 8.96. The van der Waals surface area contributed by atoms with E-state index < -0.39 is 6.10 Å². The van der Waals surface area contributed by atoms with Gasteiger partial charge < -0.3 is 10.4 Å². The quantitative estimate of drug-likeness (QED) is 0.124. The molecule has 0 heterocycles. The highest BCUT2D eigenvalue weighted by atomic mass is 32.2. The molecule has 0 bridgehead atoms. The van der Waals surface area contributed by atoms with E-state index in [1.165, 1.54) is 32.1 Å². The third-order valence-electron chi connectivity index (χ3n) is 4.86. The summed E-state index contributed by atoms with van der Waals surface area (Å²) >= 11 is 1.80. The van der Waals surface area contributed by atoms with Crippen molar-refractivity contribution in [2.45, 2.75) is 109 Å². The summed E-state index contributed by atoms with van der Waals surface area (Å²) < 4.78 is 0.184. The maximum absolute atomic E-state index is 10.7. The molecule has 5 heteroatoms. The Morgan fingerprint density at radius 3 is 2.45 bits per heavy atom. The Kier molecular flexibility index (Phi) is 16.9. The van der Waals surface area contributed by atoms with Crippen LogP contribution in [0.4, 0.5) is 0 Å². The third-order valence-corrected chi connectivity index (χ3v) is 5.91. The first-order valence-electron chi connectivity index (χ1n) is 11.4. The molecule has 0 fully saturated rings. The van der Waals surface area contributed by atoms with Crippen molar-refractivity contribution >= 4 is 11.8 Å². The molecule has 0 rings (SSSR count). The number of nitrogens with two attached hydrogens (primary N) is 1. The molecular formula is C24H47N3OS. The maximum Gasteiger partial charge on any atom is 0.0709 e. The maximum atomic E-state index is 10.7. The number of rotatable bonds is 18. The van der Waals surface area contributed by atoms with E-state index in [-0.39, 0.29) is 10.8 Å². The number of hydrogen-bond donors (Lipinski definition) is 3. The summed E-state index contributed by atoms with van der Waals surface area (Å²) in [4.78, 5) is 1.14. The fraction of sp³-hybridized carbons (Fsp3) is 0.833. The van der Waals surface area contributed by atoms with Crippen molar-refractivity contribution in [1.29, 1.82) is 0 Å². The highest BCUT2D eigenvalue weighted by molar-refractivity contribution is 8.04. The molecule has 0 aliphatic heterocycles. The molecule has 0 aliphatic carbocycles. The van der Waals surface area contributed by atoms with Crippen LogP contribution in [0.25, 0.3) is 0 Å². The molecule has 170 valence electrons. The summed E-state index contributed by atoms with van der Waals surface area (Å²) in [6.07, 6.45) is 15.6. The van der Waals surface area contributed by atoms with Crippen LogP contribution in [-0.2, 0) is 0 Å². The van der Waals surface area contributed by atoms with Crippen LogP contribution < -0.4 is 11.2 Å².